The summed E-state index contributed by atoms with van der Waals surface area (Å²) in [6.07, 6.45) is 3.34. The summed E-state index contributed by atoms with van der Waals surface area (Å²) in [7, 11) is 0. The molecule has 0 saturated carbocycles. The maximum absolute atomic E-state index is 12.3. The van der Waals surface area contributed by atoms with E-state index in [1.54, 1.807) is 12.2 Å². The average molecular weight is 380 g/mol. The van der Waals surface area contributed by atoms with Gasteiger partial charge in [0.1, 0.15) is 13.2 Å². The highest BCUT2D eigenvalue weighted by Crippen LogP contribution is 2.31. The molecule has 2 aromatic rings. The summed E-state index contributed by atoms with van der Waals surface area (Å²) in [6.45, 7) is 8.87. The first-order valence-corrected chi connectivity index (χ1v) is 9.84. The van der Waals surface area contributed by atoms with Crippen molar-refractivity contribution in [2.45, 2.75) is 26.9 Å². The van der Waals surface area contributed by atoms with E-state index in [2.05, 4.69) is 36.2 Å². The number of hydrogen-bond donors (Lipinski definition) is 1. The zero-order chi connectivity index (χ0) is 19.8. The van der Waals surface area contributed by atoms with Crippen LogP contribution in [0.15, 0.2) is 48.5 Å². The molecule has 1 N–H and O–H groups in total. The summed E-state index contributed by atoms with van der Waals surface area (Å²) < 4.78 is 11.1. The molecule has 5 nitrogen and oxygen atoms in total. The van der Waals surface area contributed by atoms with E-state index < -0.39 is 0 Å². The SMILES string of the molecule is CCN(CC)Cc1ccccc1CNC(=O)/C=C/c1ccc2c(c1)OCCO2. The van der Waals surface area contributed by atoms with Gasteiger partial charge in [0, 0.05) is 19.2 Å². The highest BCUT2D eigenvalue weighted by molar-refractivity contribution is 5.91. The Labute approximate surface area is 167 Å². The van der Waals surface area contributed by atoms with Crippen LogP contribution in [-0.2, 0) is 17.9 Å². The molecule has 2 aromatic carbocycles. The second-order valence-electron chi connectivity index (χ2n) is 6.68. The third kappa shape index (κ3) is 5.36. The Morgan fingerprint density at radius 2 is 1.75 bits per heavy atom. The minimum atomic E-state index is -0.118. The van der Waals surface area contributed by atoms with Gasteiger partial charge in [-0.15, -0.1) is 0 Å². The average Bonchev–Trinajstić information content (AvgIpc) is 2.75. The molecular formula is C23H28N2O3. The van der Waals surface area contributed by atoms with Crippen LogP contribution in [0.1, 0.15) is 30.5 Å². The van der Waals surface area contributed by atoms with E-state index in [1.807, 2.05) is 30.3 Å². The molecule has 1 aliphatic rings. The molecule has 0 fully saturated rings. The van der Waals surface area contributed by atoms with Gasteiger partial charge in [-0.3, -0.25) is 9.69 Å². The lowest BCUT2D eigenvalue weighted by molar-refractivity contribution is -0.116. The molecule has 0 aromatic heterocycles. The van der Waals surface area contributed by atoms with Gasteiger partial charge < -0.3 is 14.8 Å². The molecule has 0 aliphatic carbocycles. The van der Waals surface area contributed by atoms with E-state index in [9.17, 15) is 4.79 Å². The fourth-order valence-corrected chi connectivity index (χ4v) is 3.15. The predicted molar refractivity (Wildman–Crippen MR) is 111 cm³/mol. The summed E-state index contributed by atoms with van der Waals surface area (Å²) in [5.74, 6) is 1.35. The third-order valence-electron chi connectivity index (χ3n) is 4.85. The second kappa shape index (κ2) is 9.95. The summed E-state index contributed by atoms with van der Waals surface area (Å²) in [5.41, 5.74) is 3.30. The number of nitrogens with zero attached hydrogens (tertiary/aromatic N) is 1. The van der Waals surface area contributed by atoms with Crippen LogP contribution in [0, 0.1) is 0 Å². The van der Waals surface area contributed by atoms with Gasteiger partial charge in [-0.2, -0.15) is 0 Å². The molecule has 3 rings (SSSR count). The number of benzene rings is 2. The van der Waals surface area contributed by atoms with Gasteiger partial charge in [-0.1, -0.05) is 44.2 Å². The van der Waals surface area contributed by atoms with Crippen molar-refractivity contribution >= 4 is 12.0 Å². The van der Waals surface area contributed by atoms with Crippen LogP contribution in [0.5, 0.6) is 11.5 Å². The molecule has 0 bridgehead atoms. The topological polar surface area (TPSA) is 50.8 Å². The quantitative estimate of drug-likeness (QED) is 0.711. The maximum Gasteiger partial charge on any atom is 0.244 e. The Hall–Kier alpha value is -2.79. The van der Waals surface area contributed by atoms with Crippen molar-refractivity contribution in [3.8, 4) is 11.5 Å². The number of fused-ring (bicyclic) bond motifs is 1. The lowest BCUT2D eigenvalue weighted by Crippen LogP contribution is -2.25. The smallest absolute Gasteiger partial charge is 0.244 e. The number of ether oxygens (including phenoxy) is 2. The van der Waals surface area contributed by atoms with Crippen molar-refractivity contribution in [1.82, 2.24) is 10.2 Å². The third-order valence-corrected chi connectivity index (χ3v) is 4.85. The molecule has 0 spiro atoms. The standard InChI is InChI=1S/C23H28N2O3/c1-3-25(4-2)17-20-8-6-5-7-19(20)16-24-23(26)12-10-18-9-11-21-22(15-18)28-14-13-27-21/h5-12,15H,3-4,13-14,16-17H2,1-2H3,(H,24,26)/b12-10+. The first-order chi connectivity index (χ1) is 13.7. The highest BCUT2D eigenvalue weighted by atomic mass is 16.6. The number of nitrogens with one attached hydrogen (secondary N) is 1. The lowest BCUT2D eigenvalue weighted by atomic mass is 10.1. The fourth-order valence-electron chi connectivity index (χ4n) is 3.15. The van der Waals surface area contributed by atoms with Gasteiger partial charge in [0.15, 0.2) is 11.5 Å². The van der Waals surface area contributed by atoms with Gasteiger partial charge in [0.25, 0.3) is 0 Å². The van der Waals surface area contributed by atoms with Crippen LogP contribution in [-0.4, -0.2) is 37.1 Å². The van der Waals surface area contributed by atoms with Gasteiger partial charge >= 0.3 is 0 Å². The van der Waals surface area contributed by atoms with Gasteiger partial charge in [-0.05, 0) is 48.0 Å². The van der Waals surface area contributed by atoms with Gasteiger partial charge in [0.2, 0.25) is 5.91 Å². The molecule has 28 heavy (non-hydrogen) atoms. The molecule has 0 radical (unpaired) electrons. The van der Waals surface area contributed by atoms with Crippen molar-refractivity contribution in [2.24, 2.45) is 0 Å². The lowest BCUT2D eigenvalue weighted by Gasteiger charge is -2.20. The highest BCUT2D eigenvalue weighted by Gasteiger charge is 2.11. The first kappa shape index (κ1) is 20.0. The zero-order valence-corrected chi connectivity index (χ0v) is 16.6. The molecule has 1 amide bonds. The van der Waals surface area contributed by atoms with Crippen LogP contribution in [0.25, 0.3) is 6.08 Å². The van der Waals surface area contributed by atoms with E-state index in [0.29, 0.717) is 19.8 Å². The predicted octanol–water partition coefficient (Wildman–Crippen LogP) is 3.63. The van der Waals surface area contributed by atoms with Crippen molar-refractivity contribution in [2.75, 3.05) is 26.3 Å². The second-order valence-corrected chi connectivity index (χ2v) is 6.68. The monoisotopic (exact) mass is 380 g/mol. The summed E-state index contributed by atoms with van der Waals surface area (Å²) >= 11 is 0. The van der Waals surface area contributed by atoms with E-state index >= 15 is 0 Å². The molecule has 0 unspecified atom stereocenters. The Bertz CT molecular complexity index is 828. The molecular weight excluding hydrogens is 352 g/mol. The fraction of sp³-hybridized carbons (Fsp3) is 0.348. The van der Waals surface area contributed by atoms with E-state index in [4.69, 9.17) is 9.47 Å². The minimum Gasteiger partial charge on any atom is -0.486 e. The van der Waals surface area contributed by atoms with Crippen molar-refractivity contribution in [3.05, 3.63) is 65.2 Å². The number of rotatable bonds is 8. The largest absolute Gasteiger partial charge is 0.486 e. The molecule has 0 saturated heterocycles. The summed E-state index contributed by atoms with van der Waals surface area (Å²) in [6, 6.07) is 13.9. The Balaban J connectivity index is 1.58. The molecule has 5 heteroatoms. The van der Waals surface area contributed by atoms with Crippen LogP contribution in [0.4, 0.5) is 0 Å². The van der Waals surface area contributed by atoms with Crippen molar-refractivity contribution in [3.63, 3.8) is 0 Å². The summed E-state index contributed by atoms with van der Waals surface area (Å²) in [4.78, 5) is 14.6. The van der Waals surface area contributed by atoms with Crippen LogP contribution >= 0.6 is 0 Å². The number of amides is 1. The van der Waals surface area contributed by atoms with Crippen molar-refractivity contribution < 1.29 is 14.3 Å². The number of carbonyl (C=O) groups is 1. The van der Waals surface area contributed by atoms with Gasteiger partial charge in [-0.25, -0.2) is 0 Å². The minimum absolute atomic E-state index is 0.118. The Kier molecular flexibility index (Phi) is 7.09. The zero-order valence-electron chi connectivity index (χ0n) is 16.6. The number of carbonyl (C=O) groups excluding carboxylic acids is 1. The number of hydrogen-bond acceptors (Lipinski definition) is 4. The van der Waals surface area contributed by atoms with Crippen LogP contribution in [0.2, 0.25) is 0 Å². The molecule has 0 atom stereocenters. The van der Waals surface area contributed by atoms with E-state index in [-0.39, 0.29) is 5.91 Å². The van der Waals surface area contributed by atoms with Crippen LogP contribution < -0.4 is 14.8 Å². The van der Waals surface area contributed by atoms with E-state index in [1.165, 1.54) is 5.56 Å². The van der Waals surface area contributed by atoms with Gasteiger partial charge in [0.05, 0.1) is 0 Å². The normalized spacial score (nSPS) is 13.1. The van der Waals surface area contributed by atoms with Crippen LogP contribution in [0.3, 0.4) is 0 Å². The maximum atomic E-state index is 12.3. The Morgan fingerprint density at radius 1 is 1.04 bits per heavy atom. The summed E-state index contributed by atoms with van der Waals surface area (Å²) in [5, 5.41) is 2.98. The molecule has 1 heterocycles. The Morgan fingerprint density at radius 3 is 2.50 bits per heavy atom. The molecule has 1 aliphatic heterocycles. The van der Waals surface area contributed by atoms with E-state index in [0.717, 1.165) is 42.3 Å². The molecule has 148 valence electrons. The van der Waals surface area contributed by atoms with Crippen molar-refractivity contribution in [1.29, 1.82) is 0 Å². The first-order valence-electron chi connectivity index (χ1n) is 9.84.